The smallest absolute Gasteiger partial charge is 0.0584 e. The second-order valence-corrected chi connectivity index (χ2v) is 4.17. The molecule has 13 heavy (non-hydrogen) atoms. The first-order chi connectivity index (χ1) is 6.24. The highest BCUT2D eigenvalue weighted by Gasteiger charge is 2.06. The highest BCUT2D eigenvalue weighted by atomic mass is 32.1. The van der Waals surface area contributed by atoms with Gasteiger partial charge in [-0.2, -0.15) is 11.3 Å². The van der Waals surface area contributed by atoms with Crippen LogP contribution in [0.15, 0.2) is 16.8 Å². The standard InChI is InChI=1S/C10H17NOS/c1-9(7-12)11(2)5-3-10-4-6-13-8-10/h4,6,8-9,12H,3,5,7H2,1-2H3. The maximum absolute atomic E-state index is 8.92. The summed E-state index contributed by atoms with van der Waals surface area (Å²) in [6, 6.07) is 2.42. The normalized spacial score (nSPS) is 13.5. The van der Waals surface area contributed by atoms with Crippen LogP contribution in [0.5, 0.6) is 0 Å². The molecule has 1 unspecified atom stereocenters. The molecule has 1 N–H and O–H groups in total. The number of hydrogen-bond donors (Lipinski definition) is 1. The van der Waals surface area contributed by atoms with E-state index in [9.17, 15) is 0 Å². The SMILES string of the molecule is CC(CO)N(C)CCc1ccsc1. The fourth-order valence-electron chi connectivity index (χ4n) is 1.10. The van der Waals surface area contributed by atoms with E-state index in [1.807, 2.05) is 14.0 Å². The third-order valence-corrected chi connectivity index (χ3v) is 3.08. The number of likely N-dealkylation sites (N-methyl/N-ethyl adjacent to an activating group) is 1. The van der Waals surface area contributed by atoms with Crippen LogP contribution < -0.4 is 0 Å². The fourth-order valence-corrected chi connectivity index (χ4v) is 1.80. The molecular weight excluding hydrogens is 182 g/mol. The van der Waals surface area contributed by atoms with Crippen molar-refractivity contribution in [3.8, 4) is 0 Å². The van der Waals surface area contributed by atoms with E-state index in [4.69, 9.17) is 5.11 Å². The van der Waals surface area contributed by atoms with Crippen molar-refractivity contribution in [2.75, 3.05) is 20.2 Å². The van der Waals surface area contributed by atoms with Gasteiger partial charge < -0.3 is 10.0 Å². The molecule has 1 heterocycles. The molecule has 0 saturated heterocycles. The Morgan fingerprint density at radius 2 is 2.38 bits per heavy atom. The zero-order valence-corrected chi connectivity index (χ0v) is 9.05. The summed E-state index contributed by atoms with van der Waals surface area (Å²) in [6.45, 7) is 3.28. The van der Waals surface area contributed by atoms with Gasteiger partial charge in [0.05, 0.1) is 6.61 Å². The van der Waals surface area contributed by atoms with E-state index < -0.39 is 0 Å². The van der Waals surface area contributed by atoms with Crippen LogP contribution in [0.25, 0.3) is 0 Å². The van der Waals surface area contributed by atoms with Crippen LogP contribution in [0.1, 0.15) is 12.5 Å². The zero-order chi connectivity index (χ0) is 9.68. The molecule has 0 bridgehead atoms. The third-order valence-electron chi connectivity index (χ3n) is 2.35. The molecule has 0 aromatic carbocycles. The van der Waals surface area contributed by atoms with Crippen LogP contribution in [0.4, 0.5) is 0 Å². The molecule has 0 aliphatic heterocycles. The summed E-state index contributed by atoms with van der Waals surface area (Å²) in [5.74, 6) is 0. The van der Waals surface area contributed by atoms with Crippen molar-refractivity contribution in [2.45, 2.75) is 19.4 Å². The summed E-state index contributed by atoms with van der Waals surface area (Å²) < 4.78 is 0. The number of thiophene rings is 1. The Morgan fingerprint density at radius 3 is 2.92 bits per heavy atom. The van der Waals surface area contributed by atoms with Crippen LogP contribution >= 0.6 is 11.3 Å². The molecular formula is C10H17NOS. The van der Waals surface area contributed by atoms with Crippen molar-refractivity contribution < 1.29 is 5.11 Å². The van der Waals surface area contributed by atoms with Crippen molar-refractivity contribution in [1.29, 1.82) is 0 Å². The number of rotatable bonds is 5. The molecule has 1 atom stereocenters. The van der Waals surface area contributed by atoms with Crippen molar-refractivity contribution >= 4 is 11.3 Å². The van der Waals surface area contributed by atoms with E-state index in [-0.39, 0.29) is 12.6 Å². The number of hydrogen-bond acceptors (Lipinski definition) is 3. The van der Waals surface area contributed by atoms with Crippen molar-refractivity contribution in [2.24, 2.45) is 0 Å². The lowest BCUT2D eigenvalue weighted by Crippen LogP contribution is -2.33. The molecule has 0 radical (unpaired) electrons. The minimum absolute atomic E-state index is 0.236. The molecule has 1 rings (SSSR count). The van der Waals surface area contributed by atoms with Crippen LogP contribution in [0.2, 0.25) is 0 Å². The van der Waals surface area contributed by atoms with Crippen LogP contribution in [0.3, 0.4) is 0 Å². The third kappa shape index (κ3) is 3.46. The van der Waals surface area contributed by atoms with Gasteiger partial charge in [-0.25, -0.2) is 0 Å². The van der Waals surface area contributed by atoms with E-state index >= 15 is 0 Å². The average Bonchev–Trinajstić information content (AvgIpc) is 2.65. The lowest BCUT2D eigenvalue weighted by Gasteiger charge is -2.22. The number of aliphatic hydroxyl groups is 1. The largest absolute Gasteiger partial charge is 0.395 e. The highest BCUT2D eigenvalue weighted by molar-refractivity contribution is 7.07. The first-order valence-electron chi connectivity index (χ1n) is 4.56. The number of aliphatic hydroxyl groups excluding tert-OH is 1. The topological polar surface area (TPSA) is 23.5 Å². The van der Waals surface area contributed by atoms with Gasteiger partial charge in [-0.05, 0) is 42.8 Å². The molecule has 2 nitrogen and oxygen atoms in total. The van der Waals surface area contributed by atoms with Gasteiger partial charge in [-0.3, -0.25) is 0 Å². The summed E-state index contributed by atoms with van der Waals surface area (Å²) in [5.41, 5.74) is 1.39. The fraction of sp³-hybridized carbons (Fsp3) is 0.600. The Balaban J connectivity index is 2.26. The maximum atomic E-state index is 8.92. The molecule has 0 aliphatic rings. The average molecular weight is 199 g/mol. The lowest BCUT2D eigenvalue weighted by molar-refractivity contribution is 0.160. The van der Waals surface area contributed by atoms with Gasteiger partial charge in [-0.1, -0.05) is 0 Å². The molecule has 1 aromatic rings. The first kappa shape index (κ1) is 10.7. The van der Waals surface area contributed by atoms with Crippen molar-refractivity contribution in [1.82, 2.24) is 4.90 Å². The number of nitrogens with zero attached hydrogens (tertiary/aromatic N) is 1. The predicted octanol–water partition coefficient (Wildman–Crippen LogP) is 1.60. The van der Waals surface area contributed by atoms with E-state index in [0.29, 0.717) is 0 Å². The van der Waals surface area contributed by atoms with Gasteiger partial charge in [0, 0.05) is 12.6 Å². The van der Waals surface area contributed by atoms with Crippen LogP contribution in [0, 0.1) is 0 Å². The molecule has 0 aliphatic carbocycles. The van der Waals surface area contributed by atoms with Gasteiger partial charge in [0.15, 0.2) is 0 Å². The van der Waals surface area contributed by atoms with E-state index in [0.717, 1.165) is 13.0 Å². The maximum Gasteiger partial charge on any atom is 0.0584 e. The van der Waals surface area contributed by atoms with Crippen molar-refractivity contribution in [3.63, 3.8) is 0 Å². The first-order valence-corrected chi connectivity index (χ1v) is 5.50. The predicted molar refractivity (Wildman–Crippen MR) is 57.2 cm³/mol. The minimum Gasteiger partial charge on any atom is -0.395 e. The molecule has 1 aromatic heterocycles. The van der Waals surface area contributed by atoms with E-state index in [1.165, 1.54) is 5.56 Å². The van der Waals surface area contributed by atoms with Gasteiger partial charge in [0.2, 0.25) is 0 Å². The zero-order valence-electron chi connectivity index (χ0n) is 8.23. The molecule has 0 amide bonds. The molecule has 0 spiro atoms. The van der Waals surface area contributed by atoms with Crippen LogP contribution in [-0.4, -0.2) is 36.2 Å². The summed E-state index contributed by atoms with van der Waals surface area (Å²) in [6.07, 6.45) is 1.07. The molecule has 74 valence electrons. The summed E-state index contributed by atoms with van der Waals surface area (Å²) >= 11 is 1.74. The van der Waals surface area contributed by atoms with Crippen LogP contribution in [-0.2, 0) is 6.42 Å². The molecule has 0 fully saturated rings. The van der Waals surface area contributed by atoms with E-state index in [1.54, 1.807) is 11.3 Å². The second kappa shape index (κ2) is 5.37. The highest BCUT2D eigenvalue weighted by Crippen LogP contribution is 2.07. The monoisotopic (exact) mass is 199 g/mol. The Hall–Kier alpha value is -0.380. The Morgan fingerprint density at radius 1 is 1.62 bits per heavy atom. The summed E-state index contributed by atoms with van der Waals surface area (Å²) in [4.78, 5) is 2.18. The van der Waals surface area contributed by atoms with Gasteiger partial charge in [-0.15, -0.1) is 0 Å². The molecule has 0 saturated carbocycles. The van der Waals surface area contributed by atoms with Gasteiger partial charge >= 0.3 is 0 Å². The Kier molecular flexibility index (Phi) is 4.42. The summed E-state index contributed by atoms with van der Waals surface area (Å²) in [5, 5.41) is 13.2. The minimum atomic E-state index is 0.236. The van der Waals surface area contributed by atoms with Gasteiger partial charge in [0.25, 0.3) is 0 Å². The quantitative estimate of drug-likeness (QED) is 0.778. The summed E-state index contributed by atoms with van der Waals surface area (Å²) in [7, 11) is 2.05. The second-order valence-electron chi connectivity index (χ2n) is 3.39. The Bertz CT molecular complexity index is 223. The van der Waals surface area contributed by atoms with E-state index in [2.05, 4.69) is 21.7 Å². The lowest BCUT2D eigenvalue weighted by atomic mass is 10.2. The Labute approximate surface area is 83.8 Å². The van der Waals surface area contributed by atoms with Gasteiger partial charge in [0.1, 0.15) is 0 Å². The molecule has 3 heteroatoms. The van der Waals surface area contributed by atoms with Crippen molar-refractivity contribution in [3.05, 3.63) is 22.4 Å².